The second-order valence-electron chi connectivity index (χ2n) is 2.46. The van der Waals surface area contributed by atoms with Gasteiger partial charge in [-0.05, 0) is 18.6 Å². The lowest BCUT2D eigenvalue weighted by atomic mass is 10.2. The van der Waals surface area contributed by atoms with Crippen LogP contribution in [0.25, 0.3) is 0 Å². The van der Waals surface area contributed by atoms with Gasteiger partial charge in [-0.15, -0.1) is 0 Å². The van der Waals surface area contributed by atoms with Gasteiger partial charge in [-0.1, -0.05) is 11.6 Å². The summed E-state index contributed by atoms with van der Waals surface area (Å²) in [5.74, 6) is 1.37. The van der Waals surface area contributed by atoms with Gasteiger partial charge in [0.2, 0.25) is 0 Å². The molecular formula is C9H11ClO2. The van der Waals surface area contributed by atoms with E-state index in [-0.39, 0.29) is 0 Å². The van der Waals surface area contributed by atoms with Gasteiger partial charge in [-0.25, -0.2) is 0 Å². The molecule has 0 heterocycles. The van der Waals surface area contributed by atoms with Gasteiger partial charge >= 0.3 is 0 Å². The Morgan fingerprint density at radius 1 is 1.08 bits per heavy atom. The molecule has 0 aliphatic heterocycles. The second kappa shape index (κ2) is 3.68. The van der Waals surface area contributed by atoms with E-state index in [0.717, 1.165) is 5.56 Å². The summed E-state index contributed by atoms with van der Waals surface area (Å²) in [4.78, 5) is 0. The highest BCUT2D eigenvalue weighted by molar-refractivity contribution is 6.31. The minimum Gasteiger partial charge on any atom is -0.493 e. The van der Waals surface area contributed by atoms with E-state index in [1.807, 2.05) is 13.0 Å². The molecule has 0 aliphatic rings. The minimum atomic E-state index is 0.660. The van der Waals surface area contributed by atoms with Crippen LogP contribution in [0.5, 0.6) is 11.5 Å². The largest absolute Gasteiger partial charge is 0.493 e. The molecule has 0 aliphatic carbocycles. The highest BCUT2D eigenvalue weighted by Gasteiger charge is 2.05. The van der Waals surface area contributed by atoms with Gasteiger partial charge in [-0.2, -0.15) is 0 Å². The molecule has 2 nitrogen and oxygen atoms in total. The summed E-state index contributed by atoms with van der Waals surface area (Å²) < 4.78 is 10.2. The number of ether oxygens (including phenoxy) is 2. The number of rotatable bonds is 2. The van der Waals surface area contributed by atoms with E-state index in [1.54, 1.807) is 20.3 Å². The molecule has 1 rings (SSSR count). The molecule has 0 amide bonds. The Bertz CT molecular complexity index is 255. The van der Waals surface area contributed by atoms with Gasteiger partial charge in [0.05, 0.1) is 14.2 Å². The Kier molecular flexibility index (Phi) is 2.82. The molecule has 0 radical (unpaired) electrons. The van der Waals surface area contributed by atoms with E-state index >= 15 is 0 Å². The highest BCUT2D eigenvalue weighted by atomic mass is 35.5. The number of hydrogen-bond acceptors (Lipinski definition) is 2. The molecule has 1 aromatic rings. The highest BCUT2D eigenvalue weighted by Crippen LogP contribution is 2.32. The second-order valence-corrected chi connectivity index (χ2v) is 2.86. The van der Waals surface area contributed by atoms with Crippen molar-refractivity contribution in [1.82, 2.24) is 0 Å². The fraction of sp³-hybridized carbons (Fsp3) is 0.333. The summed E-state index contributed by atoms with van der Waals surface area (Å²) in [7, 11) is 3.19. The quantitative estimate of drug-likeness (QED) is 0.707. The first-order valence-electron chi connectivity index (χ1n) is 3.57. The molecule has 0 unspecified atom stereocenters. The maximum Gasteiger partial charge on any atom is 0.162 e. The number of hydrogen-bond donors (Lipinski definition) is 0. The lowest BCUT2D eigenvalue weighted by Gasteiger charge is -2.08. The van der Waals surface area contributed by atoms with Crippen molar-refractivity contribution in [3.8, 4) is 11.5 Å². The third kappa shape index (κ3) is 1.64. The molecule has 0 saturated carbocycles. The van der Waals surface area contributed by atoms with Crippen LogP contribution in [0.15, 0.2) is 12.1 Å². The molecule has 0 aromatic heterocycles. The Morgan fingerprint density at radius 2 is 1.58 bits per heavy atom. The van der Waals surface area contributed by atoms with Gasteiger partial charge in [0.25, 0.3) is 0 Å². The summed E-state index contributed by atoms with van der Waals surface area (Å²) in [5.41, 5.74) is 0.981. The average molecular weight is 187 g/mol. The third-order valence-electron chi connectivity index (χ3n) is 1.66. The van der Waals surface area contributed by atoms with Crippen LogP contribution in [0.4, 0.5) is 0 Å². The van der Waals surface area contributed by atoms with Crippen LogP contribution < -0.4 is 9.47 Å². The predicted octanol–water partition coefficient (Wildman–Crippen LogP) is 2.67. The van der Waals surface area contributed by atoms with Gasteiger partial charge < -0.3 is 9.47 Å². The molecule has 66 valence electrons. The van der Waals surface area contributed by atoms with Crippen LogP contribution in [0.3, 0.4) is 0 Å². The van der Waals surface area contributed by atoms with Crippen LogP contribution in [-0.2, 0) is 0 Å². The Balaban J connectivity index is 3.19. The molecular weight excluding hydrogens is 176 g/mol. The average Bonchev–Trinajstić information content (AvgIpc) is 2.09. The Hall–Kier alpha value is -0.890. The van der Waals surface area contributed by atoms with Crippen molar-refractivity contribution in [2.75, 3.05) is 14.2 Å². The van der Waals surface area contributed by atoms with Crippen molar-refractivity contribution in [2.45, 2.75) is 6.92 Å². The minimum absolute atomic E-state index is 0.660. The van der Waals surface area contributed by atoms with Crippen LogP contribution in [0.1, 0.15) is 5.56 Å². The molecule has 3 heteroatoms. The zero-order valence-electron chi connectivity index (χ0n) is 7.35. The van der Waals surface area contributed by atoms with Gasteiger partial charge in [0.1, 0.15) is 0 Å². The number of halogens is 1. The van der Waals surface area contributed by atoms with Crippen molar-refractivity contribution in [3.63, 3.8) is 0 Å². The molecule has 12 heavy (non-hydrogen) atoms. The maximum atomic E-state index is 5.89. The number of aryl methyl sites for hydroxylation is 1. The summed E-state index contributed by atoms with van der Waals surface area (Å²) in [6.45, 7) is 1.92. The lowest BCUT2D eigenvalue weighted by molar-refractivity contribution is 0.354. The molecule has 0 spiro atoms. The van der Waals surface area contributed by atoms with Crippen LogP contribution in [-0.4, -0.2) is 14.2 Å². The first-order valence-corrected chi connectivity index (χ1v) is 3.95. The molecule has 0 N–H and O–H groups in total. The SMILES string of the molecule is COc1cc(C)c(Cl)cc1OC. The normalized spacial score (nSPS) is 9.67. The van der Waals surface area contributed by atoms with E-state index in [1.165, 1.54) is 0 Å². The van der Waals surface area contributed by atoms with Gasteiger partial charge in [0.15, 0.2) is 11.5 Å². The van der Waals surface area contributed by atoms with Crippen LogP contribution in [0.2, 0.25) is 5.02 Å². The van der Waals surface area contributed by atoms with Crippen molar-refractivity contribution in [3.05, 3.63) is 22.7 Å². The van der Waals surface area contributed by atoms with Crippen molar-refractivity contribution in [1.29, 1.82) is 0 Å². The Labute approximate surface area is 77.1 Å². The third-order valence-corrected chi connectivity index (χ3v) is 2.07. The van der Waals surface area contributed by atoms with E-state index in [9.17, 15) is 0 Å². The van der Waals surface area contributed by atoms with E-state index in [2.05, 4.69) is 0 Å². The molecule has 0 bridgehead atoms. The van der Waals surface area contributed by atoms with Crippen LogP contribution >= 0.6 is 11.6 Å². The monoisotopic (exact) mass is 186 g/mol. The van der Waals surface area contributed by atoms with E-state index < -0.39 is 0 Å². The molecule has 0 atom stereocenters. The molecule has 0 fully saturated rings. The predicted molar refractivity (Wildman–Crippen MR) is 49.3 cm³/mol. The van der Waals surface area contributed by atoms with Gasteiger partial charge in [-0.3, -0.25) is 0 Å². The standard InChI is InChI=1S/C9H11ClO2/c1-6-4-8(11-2)9(12-3)5-7(6)10/h4-5H,1-3H3. The summed E-state index contributed by atoms with van der Waals surface area (Å²) >= 11 is 5.89. The number of methoxy groups -OCH3 is 2. The van der Waals surface area contributed by atoms with Gasteiger partial charge in [0, 0.05) is 11.1 Å². The zero-order valence-corrected chi connectivity index (χ0v) is 8.11. The topological polar surface area (TPSA) is 18.5 Å². The number of benzene rings is 1. The molecule has 1 aromatic carbocycles. The first kappa shape index (κ1) is 9.20. The van der Waals surface area contributed by atoms with Crippen molar-refractivity contribution in [2.24, 2.45) is 0 Å². The Morgan fingerprint density at radius 3 is 2.08 bits per heavy atom. The molecule has 0 saturated heterocycles. The maximum absolute atomic E-state index is 5.89. The zero-order chi connectivity index (χ0) is 9.14. The van der Waals surface area contributed by atoms with Crippen molar-refractivity contribution >= 4 is 11.6 Å². The van der Waals surface area contributed by atoms with Crippen molar-refractivity contribution < 1.29 is 9.47 Å². The van der Waals surface area contributed by atoms with E-state index in [0.29, 0.717) is 16.5 Å². The fourth-order valence-corrected chi connectivity index (χ4v) is 1.11. The lowest BCUT2D eigenvalue weighted by Crippen LogP contribution is -1.91. The summed E-state index contributed by atoms with van der Waals surface area (Å²) in [6.07, 6.45) is 0. The first-order chi connectivity index (χ1) is 5.69. The summed E-state index contributed by atoms with van der Waals surface area (Å²) in [5, 5.41) is 0.688. The summed E-state index contributed by atoms with van der Waals surface area (Å²) in [6, 6.07) is 3.59. The van der Waals surface area contributed by atoms with Crippen LogP contribution in [0, 0.1) is 6.92 Å². The smallest absolute Gasteiger partial charge is 0.162 e. The van der Waals surface area contributed by atoms with E-state index in [4.69, 9.17) is 21.1 Å². The fourth-order valence-electron chi connectivity index (χ4n) is 0.956.